The third-order valence-corrected chi connectivity index (χ3v) is 2.51. The summed E-state index contributed by atoms with van der Waals surface area (Å²) in [7, 11) is 0. The summed E-state index contributed by atoms with van der Waals surface area (Å²) in [6.07, 6.45) is -0.308. The smallest absolute Gasteiger partial charge is 0.0730 e. The zero-order valence-corrected chi connectivity index (χ0v) is 8.90. The van der Waals surface area contributed by atoms with Crippen molar-refractivity contribution in [3.05, 3.63) is 35.9 Å². The molecule has 1 aromatic rings. The Morgan fingerprint density at radius 1 is 1.29 bits per heavy atom. The van der Waals surface area contributed by atoms with Crippen LogP contribution < -0.4 is 5.32 Å². The van der Waals surface area contributed by atoms with Crippen LogP contribution in [0.2, 0.25) is 0 Å². The molecule has 1 aromatic carbocycles. The number of aliphatic hydroxyl groups excluding tert-OH is 1. The van der Waals surface area contributed by atoms with Crippen molar-refractivity contribution in [2.75, 3.05) is 13.1 Å². The second-order valence-electron chi connectivity index (χ2n) is 3.57. The first-order valence-electron chi connectivity index (χ1n) is 5.19. The third-order valence-electron chi connectivity index (χ3n) is 2.51. The summed E-state index contributed by atoms with van der Waals surface area (Å²) >= 11 is 0. The van der Waals surface area contributed by atoms with E-state index in [1.165, 1.54) is 5.56 Å². The molecule has 0 radical (unpaired) electrons. The minimum absolute atomic E-state index is 0.190. The van der Waals surface area contributed by atoms with Crippen molar-refractivity contribution in [3.63, 3.8) is 0 Å². The van der Waals surface area contributed by atoms with Crippen molar-refractivity contribution >= 4 is 0 Å². The molecule has 0 amide bonds. The summed E-state index contributed by atoms with van der Waals surface area (Å²) < 4.78 is 0. The lowest BCUT2D eigenvalue weighted by molar-refractivity contribution is 0.147. The largest absolute Gasteiger partial charge is 0.391 e. The van der Waals surface area contributed by atoms with Crippen LogP contribution in [0.1, 0.15) is 25.3 Å². The zero-order chi connectivity index (χ0) is 10.4. The maximum absolute atomic E-state index is 9.84. The number of hydrogen-bond donors (Lipinski definition) is 2. The first-order valence-corrected chi connectivity index (χ1v) is 5.19. The van der Waals surface area contributed by atoms with E-state index in [9.17, 15) is 5.11 Å². The Bertz CT molecular complexity index is 248. The highest BCUT2D eigenvalue weighted by atomic mass is 16.3. The van der Waals surface area contributed by atoms with Crippen LogP contribution in [0.25, 0.3) is 0 Å². The maximum atomic E-state index is 9.84. The molecule has 0 aromatic heterocycles. The summed E-state index contributed by atoms with van der Waals surface area (Å²) in [6, 6.07) is 10.1. The molecule has 2 nitrogen and oxygen atoms in total. The van der Waals surface area contributed by atoms with Gasteiger partial charge < -0.3 is 10.4 Å². The van der Waals surface area contributed by atoms with Crippen LogP contribution in [0, 0.1) is 0 Å². The van der Waals surface area contributed by atoms with Crippen LogP contribution >= 0.6 is 0 Å². The fourth-order valence-electron chi connectivity index (χ4n) is 1.45. The lowest BCUT2D eigenvalue weighted by atomic mass is 9.95. The molecule has 0 saturated heterocycles. The first kappa shape index (κ1) is 11.2. The van der Waals surface area contributed by atoms with Crippen molar-refractivity contribution < 1.29 is 5.11 Å². The monoisotopic (exact) mass is 193 g/mol. The average molecular weight is 193 g/mol. The summed E-state index contributed by atoms with van der Waals surface area (Å²) in [5.74, 6) is 0.190. The Labute approximate surface area is 86.0 Å². The van der Waals surface area contributed by atoms with Gasteiger partial charge in [-0.15, -0.1) is 0 Å². The van der Waals surface area contributed by atoms with E-state index in [0.717, 1.165) is 6.54 Å². The summed E-state index contributed by atoms with van der Waals surface area (Å²) in [4.78, 5) is 0. The fraction of sp³-hybridized carbons (Fsp3) is 0.500. The Morgan fingerprint density at radius 3 is 2.50 bits per heavy atom. The molecule has 0 aliphatic rings. The van der Waals surface area contributed by atoms with Crippen molar-refractivity contribution in [2.45, 2.75) is 25.9 Å². The van der Waals surface area contributed by atoms with E-state index in [1.807, 2.05) is 25.1 Å². The van der Waals surface area contributed by atoms with Crippen molar-refractivity contribution in [2.24, 2.45) is 0 Å². The molecule has 2 N–H and O–H groups in total. The minimum atomic E-state index is -0.308. The average Bonchev–Trinajstić information content (AvgIpc) is 2.26. The van der Waals surface area contributed by atoms with Crippen LogP contribution in [0.15, 0.2) is 30.3 Å². The second kappa shape index (κ2) is 5.78. The van der Waals surface area contributed by atoms with Gasteiger partial charge in [0, 0.05) is 12.5 Å². The van der Waals surface area contributed by atoms with Crippen molar-refractivity contribution in [3.8, 4) is 0 Å². The standard InChI is InChI=1S/C12H19NO/c1-3-13-9-12(14)10(2)11-7-5-4-6-8-11/h4-8,10,12-14H,3,9H2,1-2H3. The van der Waals surface area contributed by atoms with Crippen LogP contribution in [0.5, 0.6) is 0 Å². The van der Waals surface area contributed by atoms with Gasteiger partial charge in [0.2, 0.25) is 0 Å². The molecule has 0 fully saturated rings. The molecule has 0 spiro atoms. The highest BCUT2D eigenvalue weighted by Gasteiger charge is 2.14. The van der Waals surface area contributed by atoms with Crippen LogP contribution in [0.3, 0.4) is 0 Å². The normalized spacial score (nSPS) is 15.1. The molecular weight excluding hydrogens is 174 g/mol. The van der Waals surface area contributed by atoms with Gasteiger partial charge in [0.25, 0.3) is 0 Å². The number of likely N-dealkylation sites (N-methyl/N-ethyl adjacent to an activating group) is 1. The lowest BCUT2D eigenvalue weighted by Gasteiger charge is -2.19. The molecule has 1 rings (SSSR count). The van der Waals surface area contributed by atoms with Crippen molar-refractivity contribution in [1.82, 2.24) is 5.32 Å². The minimum Gasteiger partial charge on any atom is -0.391 e. The Morgan fingerprint density at radius 2 is 1.93 bits per heavy atom. The topological polar surface area (TPSA) is 32.3 Å². The number of rotatable bonds is 5. The lowest BCUT2D eigenvalue weighted by Crippen LogP contribution is -2.30. The number of nitrogens with one attached hydrogen (secondary N) is 1. The molecule has 0 aliphatic heterocycles. The first-order chi connectivity index (χ1) is 6.75. The molecule has 14 heavy (non-hydrogen) atoms. The molecular formula is C12H19NO. The van der Waals surface area contributed by atoms with Gasteiger partial charge >= 0.3 is 0 Å². The Balaban J connectivity index is 2.52. The highest BCUT2D eigenvalue weighted by Crippen LogP contribution is 2.18. The van der Waals surface area contributed by atoms with Gasteiger partial charge in [-0.2, -0.15) is 0 Å². The highest BCUT2D eigenvalue weighted by molar-refractivity contribution is 5.19. The van der Waals surface area contributed by atoms with E-state index >= 15 is 0 Å². The quantitative estimate of drug-likeness (QED) is 0.747. The second-order valence-corrected chi connectivity index (χ2v) is 3.57. The Hall–Kier alpha value is -0.860. The van der Waals surface area contributed by atoms with Crippen LogP contribution in [-0.2, 0) is 0 Å². The molecule has 2 heteroatoms. The molecule has 0 aliphatic carbocycles. The van der Waals surface area contributed by atoms with E-state index in [-0.39, 0.29) is 12.0 Å². The molecule has 2 unspecified atom stereocenters. The van der Waals surface area contributed by atoms with Gasteiger partial charge in [0.05, 0.1) is 6.10 Å². The summed E-state index contributed by atoms with van der Waals surface area (Å²) in [5.41, 5.74) is 1.19. The molecule has 78 valence electrons. The molecule has 0 heterocycles. The summed E-state index contributed by atoms with van der Waals surface area (Å²) in [5, 5.41) is 13.0. The van der Waals surface area contributed by atoms with Gasteiger partial charge in [-0.25, -0.2) is 0 Å². The van der Waals surface area contributed by atoms with Gasteiger partial charge in [-0.1, -0.05) is 44.2 Å². The molecule has 2 atom stereocenters. The van der Waals surface area contributed by atoms with Gasteiger partial charge in [-0.3, -0.25) is 0 Å². The third kappa shape index (κ3) is 3.13. The molecule has 0 saturated carbocycles. The van der Waals surface area contributed by atoms with Gasteiger partial charge in [-0.05, 0) is 12.1 Å². The number of aliphatic hydroxyl groups is 1. The van der Waals surface area contributed by atoms with Crippen LogP contribution in [0.4, 0.5) is 0 Å². The predicted molar refractivity (Wildman–Crippen MR) is 59.4 cm³/mol. The van der Waals surface area contributed by atoms with Gasteiger partial charge in [0.1, 0.15) is 0 Å². The zero-order valence-electron chi connectivity index (χ0n) is 8.90. The van der Waals surface area contributed by atoms with E-state index in [4.69, 9.17) is 0 Å². The molecule has 0 bridgehead atoms. The van der Waals surface area contributed by atoms with E-state index in [0.29, 0.717) is 6.54 Å². The van der Waals surface area contributed by atoms with E-state index < -0.39 is 0 Å². The van der Waals surface area contributed by atoms with Crippen molar-refractivity contribution in [1.29, 1.82) is 0 Å². The van der Waals surface area contributed by atoms with E-state index in [1.54, 1.807) is 0 Å². The fourth-order valence-corrected chi connectivity index (χ4v) is 1.45. The maximum Gasteiger partial charge on any atom is 0.0730 e. The SMILES string of the molecule is CCNCC(O)C(C)c1ccccc1. The number of hydrogen-bond acceptors (Lipinski definition) is 2. The summed E-state index contributed by atoms with van der Waals surface area (Å²) in [6.45, 7) is 5.66. The number of benzene rings is 1. The van der Waals surface area contributed by atoms with Gasteiger partial charge in [0.15, 0.2) is 0 Å². The predicted octanol–water partition coefficient (Wildman–Crippen LogP) is 1.76. The van der Waals surface area contributed by atoms with E-state index in [2.05, 4.69) is 24.4 Å². The Kier molecular flexibility index (Phi) is 4.63. The van der Waals surface area contributed by atoms with Crippen LogP contribution in [-0.4, -0.2) is 24.3 Å².